The van der Waals surface area contributed by atoms with E-state index >= 15 is 0 Å². The number of hydrogen-bond acceptors (Lipinski definition) is 0. The minimum atomic E-state index is -4.23. The van der Waals surface area contributed by atoms with Gasteiger partial charge < -0.3 is 0 Å². The lowest BCUT2D eigenvalue weighted by Crippen LogP contribution is -2.10. The molecule has 0 saturated carbocycles. The summed E-state index contributed by atoms with van der Waals surface area (Å²) in [5.41, 5.74) is -0.688. The first-order valence-electron chi connectivity index (χ1n) is 2.84. The summed E-state index contributed by atoms with van der Waals surface area (Å²) in [6, 6.07) is 0. The van der Waals surface area contributed by atoms with E-state index in [4.69, 9.17) is 0 Å². The van der Waals surface area contributed by atoms with Gasteiger partial charge in [-0.1, -0.05) is 12.7 Å². The van der Waals surface area contributed by atoms with Gasteiger partial charge in [0.2, 0.25) is 0 Å². The molecule has 0 aliphatic heterocycles. The molecule has 0 N–H and O–H groups in total. The van der Waals surface area contributed by atoms with E-state index in [2.05, 4.69) is 13.2 Å². The molecule has 0 nitrogen and oxygen atoms in total. The molecule has 0 aliphatic carbocycles. The summed E-state index contributed by atoms with van der Waals surface area (Å²) in [7, 11) is 0. The van der Waals surface area contributed by atoms with Crippen LogP contribution in [0.15, 0.2) is 24.8 Å². The Hall–Kier alpha value is -0.730. The minimum Gasteiger partial charge on any atom is -0.167 e. The van der Waals surface area contributed by atoms with E-state index in [0.717, 1.165) is 0 Å². The molecule has 0 fully saturated rings. The van der Waals surface area contributed by atoms with E-state index in [0.29, 0.717) is 6.42 Å². The van der Waals surface area contributed by atoms with Gasteiger partial charge in [-0.2, -0.15) is 13.2 Å². The van der Waals surface area contributed by atoms with Gasteiger partial charge in [-0.25, -0.2) is 0 Å². The minimum absolute atomic E-state index is 0.0486. The summed E-state index contributed by atoms with van der Waals surface area (Å²) in [5, 5.41) is 0. The summed E-state index contributed by atoms with van der Waals surface area (Å²) in [4.78, 5) is 0. The SMILES string of the molecule is C=CCCC(=C)C(F)(F)F. The van der Waals surface area contributed by atoms with Gasteiger partial charge in [0.15, 0.2) is 0 Å². The van der Waals surface area contributed by atoms with Crippen LogP contribution in [0.2, 0.25) is 0 Å². The van der Waals surface area contributed by atoms with E-state index in [1.54, 1.807) is 0 Å². The Bertz CT molecular complexity index is 132. The Morgan fingerprint density at radius 2 is 1.90 bits per heavy atom. The van der Waals surface area contributed by atoms with Crippen LogP contribution >= 0.6 is 0 Å². The zero-order valence-corrected chi connectivity index (χ0v) is 5.54. The highest BCUT2D eigenvalue weighted by atomic mass is 19.4. The first-order chi connectivity index (χ1) is 4.48. The second kappa shape index (κ2) is 3.44. The quantitative estimate of drug-likeness (QED) is 0.542. The van der Waals surface area contributed by atoms with Gasteiger partial charge in [0, 0.05) is 5.57 Å². The second-order valence-corrected chi connectivity index (χ2v) is 1.93. The number of rotatable bonds is 3. The lowest BCUT2D eigenvalue weighted by atomic mass is 10.1. The number of halogens is 3. The molecule has 0 spiro atoms. The van der Waals surface area contributed by atoms with E-state index in [1.807, 2.05) is 0 Å². The molecule has 0 unspecified atom stereocenters. The average Bonchev–Trinajstić information content (AvgIpc) is 1.80. The summed E-state index contributed by atoms with van der Waals surface area (Å²) in [6.07, 6.45) is -2.51. The fraction of sp³-hybridized carbons (Fsp3) is 0.429. The maximum atomic E-state index is 11.6. The van der Waals surface area contributed by atoms with Crippen LogP contribution < -0.4 is 0 Å². The van der Waals surface area contributed by atoms with E-state index in [9.17, 15) is 13.2 Å². The molecule has 10 heavy (non-hydrogen) atoms. The zero-order valence-electron chi connectivity index (χ0n) is 5.54. The van der Waals surface area contributed by atoms with E-state index in [1.165, 1.54) is 6.08 Å². The summed E-state index contributed by atoms with van der Waals surface area (Å²) < 4.78 is 34.9. The van der Waals surface area contributed by atoms with Gasteiger partial charge in [0.1, 0.15) is 0 Å². The largest absolute Gasteiger partial charge is 0.412 e. The highest BCUT2D eigenvalue weighted by Gasteiger charge is 2.30. The van der Waals surface area contributed by atoms with Crippen molar-refractivity contribution >= 4 is 0 Å². The molecule has 0 amide bonds. The zero-order chi connectivity index (χ0) is 8.20. The monoisotopic (exact) mass is 150 g/mol. The molecule has 0 radical (unpaired) electrons. The van der Waals surface area contributed by atoms with Crippen molar-refractivity contribution in [2.45, 2.75) is 19.0 Å². The smallest absolute Gasteiger partial charge is 0.167 e. The highest BCUT2D eigenvalue weighted by Crippen LogP contribution is 2.27. The summed E-state index contributed by atoms with van der Waals surface area (Å²) in [5.74, 6) is 0. The Labute approximate surface area is 58.0 Å². The fourth-order valence-electron chi connectivity index (χ4n) is 0.418. The fourth-order valence-corrected chi connectivity index (χ4v) is 0.418. The van der Waals surface area contributed by atoms with E-state index in [-0.39, 0.29) is 6.42 Å². The number of allylic oxidation sites excluding steroid dienone is 2. The van der Waals surface area contributed by atoms with Crippen LogP contribution in [0.1, 0.15) is 12.8 Å². The molecule has 58 valence electrons. The Balaban J connectivity index is 3.74. The average molecular weight is 150 g/mol. The van der Waals surface area contributed by atoms with Gasteiger partial charge in [-0.05, 0) is 12.8 Å². The van der Waals surface area contributed by atoms with Crippen LogP contribution in [0.4, 0.5) is 13.2 Å². The van der Waals surface area contributed by atoms with Crippen molar-refractivity contribution in [3.05, 3.63) is 24.8 Å². The first-order valence-corrected chi connectivity index (χ1v) is 2.84. The first kappa shape index (κ1) is 9.27. The van der Waals surface area contributed by atoms with Crippen molar-refractivity contribution in [1.82, 2.24) is 0 Å². The maximum absolute atomic E-state index is 11.6. The normalized spacial score (nSPS) is 11.1. The molecule has 3 heteroatoms. The third kappa shape index (κ3) is 3.33. The molecule has 0 aromatic carbocycles. The maximum Gasteiger partial charge on any atom is 0.412 e. The topological polar surface area (TPSA) is 0 Å². The van der Waals surface area contributed by atoms with Crippen molar-refractivity contribution in [3.8, 4) is 0 Å². The van der Waals surface area contributed by atoms with Crippen LogP contribution in [-0.2, 0) is 0 Å². The van der Waals surface area contributed by atoms with Gasteiger partial charge in [-0.15, -0.1) is 6.58 Å². The lowest BCUT2D eigenvalue weighted by Gasteiger charge is -2.07. The molecule has 0 bridgehead atoms. The Kier molecular flexibility index (Phi) is 3.19. The molecule has 0 aromatic rings. The van der Waals surface area contributed by atoms with E-state index < -0.39 is 11.7 Å². The van der Waals surface area contributed by atoms with Crippen molar-refractivity contribution in [2.75, 3.05) is 0 Å². The van der Waals surface area contributed by atoms with Crippen molar-refractivity contribution in [1.29, 1.82) is 0 Å². The van der Waals surface area contributed by atoms with Crippen LogP contribution in [-0.4, -0.2) is 6.18 Å². The predicted molar refractivity (Wildman–Crippen MR) is 34.6 cm³/mol. The van der Waals surface area contributed by atoms with Crippen molar-refractivity contribution in [2.24, 2.45) is 0 Å². The molecule has 0 saturated heterocycles. The molecule has 0 rings (SSSR count). The molecular weight excluding hydrogens is 141 g/mol. The standard InChI is InChI=1S/C7H9F3/c1-3-4-5-6(2)7(8,9)10/h3H,1-2,4-5H2. The van der Waals surface area contributed by atoms with Crippen LogP contribution in [0, 0.1) is 0 Å². The van der Waals surface area contributed by atoms with Gasteiger partial charge in [0.25, 0.3) is 0 Å². The molecular formula is C7H9F3. The Morgan fingerprint density at radius 3 is 2.20 bits per heavy atom. The second-order valence-electron chi connectivity index (χ2n) is 1.93. The predicted octanol–water partition coefficient (Wildman–Crippen LogP) is 3.07. The molecule has 0 atom stereocenters. The van der Waals surface area contributed by atoms with Crippen molar-refractivity contribution in [3.63, 3.8) is 0 Å². The summed E-state index contributed by atoms with van der Waals surface area (Å²) >= 11 is 0. The van der Waals surface area contributed by atoms with Gasteiger partial charge >= 0.3 is 6.18 Å². The van der Waals surface area contributed by atoms with Gasteiger partial charge in [0.05, 0.1) is 0 Å². The van der Waals surface area contributed by atoms with Crippen LogP contribution in [0.3, 0.4) is 0 Å². The molecule has 0 aromatic heterocycles. The van der Waals surface area contributed by atoms with Gasteiger partial charge in [-0.3, -0.25) is 0 Å². The highest BCUT2D eigenvalue weighted by molar-refractivity contribution is 5.03. The number of alkyl halides is 3. The molecule has 0 aliphatic rings. The van der Waals surface area contributed by atoms with Crippen LogP contribution in [0.5, 0.6) is 0 Å². The third-order valence-corrected chi connectivity index (χ3v) is 1.05. The lowest BCUT2D eigenvalue weighted by molar-refractivity contribution is -0.0934. The van der Waals surface area contributed by atoms with Crippen molar-refractivity contribution < 1.29 is 13.2 Å². The number of hydrogen-bond donors (Lipinski definition) is 0. The summed E-state index contributed by atoms with van der Waals surface area (Å²) in [6.45, 7) is 6.20. The van der Waals surface area contributed by atoms with Crippen LogP contribution in [0.25, 0.3) is 0 Å². The Morgan fingerprint density at radius 1 is 1.40 bits per heavy atom. The molecule has 0 heterocycles. The third-order valence-electron chi connectivity index (χ3n) is 1.05.